The minimum Gasteiger partial charge on any atom is -0.515 e. The van der Waals surface area contributed by atoms with Crippen LogP contribution in [-0.2, 0) is 23.7 Å². The summed E-state index contributed by atoms with van der Waals surface area (Å²) < 4.78 is 1.93. The Hall–Kier alpha value is -3.28. The first-order valence-electron chi connectivity index (χ1n) is 10.3. The molecule has 0 spiro atoms. The summed E-state index contributed by atoms with van der Waals surface area (Å²) in [5, 5.41) is 22.9. The Morgan fingerprint density at radius 2 is 2.00 bits per heavy atom. The number of aryl methyl sites for hydroxylation is 1. The van der Waals surface area contributed by atoms with Crippen molar-refractivity contribution >= 4 is 5.78 Å². The lowest BCUT2D eigenvalue weighted by Crippen LogP contribution is -2.50. The van der Waals surface area contributed by atoms with E-state index < -0.39 is 5.41 Å². The number of aromatic nitrogens is 4. The zero-order valence-corrected chi connectivity index (χ0v) is 17.1. The monoisotopic (exact) mass is 400 g/mol. The Kier molecular flexibility index (Phi) is 4.31. The first kappa shape index (κ1) is 18.7. The third-order valence-corrected chi connectivity index (χ3v) is 7.01. The SMILES string of the molecule is C[C@@H]1C(=O)C(=CO)C[C@]2(c3ccccc3)c3nn(C)c(-c4ccnnc4)c3CC[C@@H]12. The molecule has 0 saturated heterocycles. The van der Waals surface area contributed by atoms with E-state index in [2.05, 4.69) is 22.3 Å². The Labute approximate surface area is 175 Å². The standard InChI is InChI=1S/C24H24N4O2/c1-15-20-9-8-19-21(16-10-11-25-26-13-16)28(2)27-23(19)24(20,12-17(14-29)22(15)30)18-6-4-3-5-7-18/h3-7,10-11,13-15,20,29H,8-9,12H2,1-2H3/t15-,20-,24+/m0/s1. The number of carbonyl (C=O) groups excluding carboxylic acids is 1. The second kappa shape index (κ2) is 6.90. The highest BCUT2D eigenvalue weighted by Gasteiger charge is 2.55. The zero-order chi connectivity index (χ0) is 20.9. The van der Waals surface area contributed by atoms with Crippen LogP contribution in [0.2, 0.25) is 0 Å². The molecule has 0 radical (unpaired) electrons. The molecular weight excluding hydrogens is 376 g/mol. The molecule has 3 atom stereocenters. The predicted molar refractivity (Wildman–Crippen MR) is 113 cm³/mol. The van der Waals surface area contributed by atoms with E-state index >= 15 is 0 Å². The van der Waals surface area contributed by atoms with Crippen LogP contribution in [-0.4, -0.2) is 30.9 Å². The number of benzene rings is 1. The Balaban J connectivity index is 1.80. The number of hydrogen-bond donors (Lipinski definition) is 1. The number of allylic oxidation sites excluding steroid dienone is 1. The Morgan fingerprint density at radius 3 is 2.70 bits per heavy atom. The van der Waals surface area contributed by atoms with Crippen molar-refractivity contribution in [2.75, 3.05) is 0 Å². The van der Waals surface area contributed by atoms with Gasteiger partial charge in [0.05, 0.1) is 30.0 Å². The van der Waals surface area contributed by atoms with Gasteiger partial charge >= 0.3 is 0 Å². The van der Waals surface area contributed by atoms with E-state index in [1.807, 2.05) is 42.9 Å². The highest BCUT2D eigenvalue weighted by atomic mass is 16.2. The third-order valence-electron chi connectivity index (χ3n) is 7.01. The zero-order valence-electron chi connectivity index (χ0n) is 17.1. The van der Waals surface area contributed by atoms with E-state index in [1.165, 1.54) is 5.56 Å². The Bertz CT molecular complexity index is 1140. The van der Waals surface area contributed by atoms with Crippen molar-refractivity contribution in [3.8, 4) is 11.3 Å². The lowest BCUT2D eigenvalue weighted by atomic mass is 9.52. The van der Waals surface area contributed by atoms with Crippen LogP contribution in [0, 0.1) is 11.8 Å². The fourth-order valence-electron chi connectivity index (χ4n) is 5.73. The first-order chi connectivity index (χ1) is 14.6. The van der Waals surface area contributed by atoms with Crippen LogP contribution in [0.5, 0.6) is 0 Å². The maximum atomic E-state index is 12.9. The fourth-order valence-corrected chi connectivity index (χ4v) is 5.73. The van der Waals surface area contributed by atoms with Gasteiger partial charge in [0, 0.05) is 35.1 Å². The maximum absolute atomic E-state index is 12.9. The van der Waals surface area contributed by atoms with Crippen molar-refractivity contribution < 1.29 is 9.90 Å². The third kappa shape index (κ3) is 2.49. The highest BCUT2D eigenvalue weighted by molar-refractivity contribution is 5.98. The van der Waals surface area contributed by atoms with Gasteiger partial charge in [0.1, 0.15) is 0 Å². The van der Waals surface area contributed by atoms with E-state index in [4.69, 9.17) is 5.10 Å². The van der Waals surface area contributed by atoms with E-state index in [0.717, 1.165) is 41.6 Å². The smallest absolute Gasteiger partial charge is 0.165 e. The van der Waals surface area contributed by atoms with Crippen LogP contribution < -0.4 is 0 Å². The van der Waals surface area contributed by atoms with Gasteiger partial charge in [0.25, 0.3) is 0 Å². The number of carbonyl (C=O) groups is 1. The molecule has 1 N–H and O–H groups in total. The molecule has 2 heterocycles. The largest absolute Gasteiger partial charge is 0.515 e. The van der Waals surface area contributed by atoms with Gasteiger partial charge in [-0.3, -0.25) is 9.48 Å². The van der Waals surface area contributed by atoms with E-state index in [-0.39, 0.29) is 17.6 Å². The average molecular weight is 400 g/mol. The van der Waals surface area contributed by atoms with Crippen molar-refractivity contribution in [2.45, 2.75) is 31.6 Å². The number of rotatable bonds is 2. The van der Waals surface area contributed by atoms with Crippen molar-refractivity contribution in [2.24, 2.45) is 18.9 Å². The van der Waals surface area contributed by atoms with E-state index in [9.17, 15) is 9.90 Å². The van der Waals surface area contributed by atoms with Gasteiger partial charge in [-0.1, -0.05) is 37.3 Å². The molecule has 5 rings (SSSR count). The molecule has 6 nitrogen and oxygen atoms in total. The number of aliphatic hydroxyl groups is 1. The van der Waals surface area contributed by atoms with Gasteiger partial charge in [0.15, 0.2) is 5.78 Å². The van der Waals surface area contributed by atoms with Gasteiger partial charge < -0.3 is 5.11 Å². The highest BCUT2D eigenvalue weighted by Crippen LogP contribution is 2.56. The summed E-state index contributed by atoms with van der Waals surface area (Å²) in [6, 6.07) is 12.3. The van der Waals surface area contributed by atoms with Crippen molar-refractivity contribution in [3.05, 3.63) is 77.4 Å². The van der Waals surface area contributed by atoms with Gasteiger partial charge in [-0.15, -0.1) is 0 Å². The van der Waals surface area contributed by atoms with Crippen LogP contribution in [0.3, 0.4) is 0 Å². The number of Topliss-reactive ketones (excluding diaryl/α,β-unsaturated/α-hetero) is 1. The topological polar surface area (TPSA) is 80.9 Å². The fraction of sp³-hybridized carbons (Fsp3) is 0.333. The summed E-state index contributed by atoms with van der Waals surface area (Å²) in [5.41, 5.74) is 5.42. The molecule has 0 unspecified atom stereocenters. The van der Waals surface area contributed by atoms with Gasteiger partial charge in [-0.05, 0) is 36.8 Å². The molecule has 0 bridgehead atoms. The number of fused-ring (bicyclic) bond motifs is 3. The van der Waals surface area contributed by atoms with Crippen LogP contribution in [0.1, 0.15) is 36.6 Å². The normalized spacial score (nSPS) is 27.0. The molecule has 2 aliphatic carbocycles. The summed E-state index contributed by atoms with van der Waals surface area (Å²) >= 11 is 0. The van der Waals surface area contributed by atoms with E-state index in [1.54, 1.807) is 12.4 Å². The molecule has 1 aromatic carbocycles. The number of ketones is 1. The molecular formula is C24H24N4O2. The summed E-state index contributed by atoms with van der Waals surface area (Å²) in [5.74, 6) is -0.00698. The van der Waals surface area contributed by atoms with Crippen LogP contribution in [0.15, 0.2) is 60.6 Å². The maximum Gasteiger partial charge on any atom is 0.165 e. The summed E-state index contributed by atoms with van der Waals surface area (Å²) in [4.78, 5) is 12.9. The molecule has 0 amide bonds. The lowest BCUT2D eigenvalue weighted by molar-refractivity contribution is -0.123. The van der Waals surface area contributed by atoms with Crippen molar-refractivity contribution in [3.63, 3.8) is 0 Å². The molecule has 1 saturated carbocycles. The van der Waals surface area contributed by atoms with E-state index in [0.29, 0.717) is 12.0 Å². The number of nitrogens with zero attached hydrogens (tertiary/aromatic N) is 4. The molecule has 2 aromatic heterocycles. The summed E-state index contributed by atoms with van der Waals surface area (Å²) in [6.45, 7) is 2.00. The minimum absolute atomic E-state index is 0.0481. The summed E-state index contributed by atoms with van der Waals surface area (Å²) in [6.07, 6.45) is 6.68. The Morgan fingerprint density at radius 1 is 1.20 bits per heavy atom. The predicted octanol–water partition coefficient (Wildman–Crippen LogP) is 3.78. The van der Waals surface area contributed by atoms with Crippen LogP contribution >= 0.6 is 0 Å². The number of hydrogen-bond acceptors (Lipinski definition) is 5. The quantitative estimate of drug-likeness (QED) is 0.523. The van der Waals surface area contributed by atoms with Gasteiger partial charge in [-0.25, -0.2) is 0 Å². The number of aliphatic hydroxyl groups excluding tert-OH is 1. The van der Waals surface area contributed by atoms with Gasteiger partial charge in [0.2, 0.25) is 0 Å². The molecule has 1 fully saturated rings. The first-order valence-corrected chi connectivity index (χ1v) is 10.3. The molecule has 3 aromatic rings. The van der Waals surface area contributed by atoms with Crippen molar-refractivity contribution in [1.82, 2.24) is 20.0 Å². The second-order valence-electron chi connectivity index (χ2n) is 8.40. The second-order valence-corrected chi connectivity index (χ2v) is 8.40. The van der Waals surface area contributed by atoms with Crippen LogP contribution in [0.4, 0.5) is 0 Å². The van der Waals surface area contributed by atoms with Gasteiger partial charge in [-0.2, -0.15) is 15.3 Å². The minimum atomic E-state index is -0.451. The van der Waals surface area contributed by atoms with Crippen LogP contribution in [0.25, 0.3) is 11.3 Å². The van der Waals surface area contributed by atoms with Crippen molar-refractivity contribution in [1.29, 1.82) is 0 Å². The lowest BCUT2D eigenvalue weighted by Gasteiger charge is -2.49. The molecule has 0 aliphatic heterocycles. The molecule has 2 aliphatic rings. The molecule has 30 heavy (non-hydrogen) atoms. The molecule has 152 valence electrons. The average Bonchev–Trinajstić information content (AvgIpc) is 3.13. The molecule has 6 heteroatoms. The summed E-state index contributed by atoms with van der Waals surface area (Å²) in [7, 11) is 1.96.